The molecule has 1 aromatic rings. The molecule has 0 saturated carbocycles. The molecule has 1 aromatic carbocycles. The van der Waals surface area contributed by atoms with Crippen LogP contribution in [0.2, 0.25) is 0 Å². The van der Waals surface area contributed by atoms with Crippen molar-refractivity contribution in [1.82, 2.24) is 5.32 Å². The summed E-state index contributed by atoms with van der Waals surface area (Å²) in [5.74, 6) is -2.04. The van der Waals surface area contributed by atoms with Gasteiger partial charge in [0.1, 0.15) is 5.82 Å². The number of carbonyl (C=O) groups excluding carboxylic acids is 1. The summed E-state index contributed by atoms with van der Waals surface area (Å²) in [7, 11) is 0. The number of hydrogen-bond acceptors (Lipinski definition) is 1. The molecule has 0 bridgehead atoms. The summed E-state index contributed by atoms with van der Waals surface area (Å²) in [5, 5.41) is 2.50. The molecule has 0 aliphatic heterocycles. The zero-order valence-corrected chi connectivity index (χ0v) is 12.3. The number of hydrogen-bond donors (Lipinski definition) is 1. The summed E-state index contributed by atoms with van der Waals surface area (Å²) in [5.41, 5.74) is -1.64. The van der Waals surface area contributed by atoms with Gasteiger partial charge >= 0.3 is 6.18 Å². The van der Waals surface area contributed by atoms with Gasteiger partial charge < -0.3 is 5.32 Å². The van der Waals surface area contributed by atoms with Crippen LogP contribution in [0.4, 0.5) is 17.6 Å². The van der Waals surface area contributed by atoms with Crippen LogP contribution in [0.15, 0.2) is 18.2 Å². The molecule has 2 nitrogen and oxygen atoms in total. The van der Waals surface area contributed by atoms with Gasteiger partial charge in [0.2, 0.25) is 0 Å². The second kappa shape index (κ2) is 7.06. The average molecular weight is 356 g/mol. The molecule has 0 aliphatic carbocycles. The first-order chi connectivity index (χ1) is 9.25. The van der Waals surface area contributed by atoms with Crippen LogP contribution >= 0.6 is 15.9 Å². The number of carbonyl (C=O) groups is 1. The van der Waals surface area contributed by atoms with E-state index in [0.717, 1.165) is 12.5 Å². The molecule has 0 aromatic heterocycles. The number of alkyl halides is 4. The van der Waals surface area contributed by atoms with Crippen molar-refractivity contribution in [3.8, 4) is 0 Å². The van der Waals surface area contributed by atoms with Gasteiger partial charge in [0, 0.05) is 16.9 Å². The van der Waals surface area contributed by atoms with Crippen LogP contribution in [-0.4, -0.2) is 17.3 Å². The molecule has 0 radical (unpaired) electrons. The van der Waals surface area contributed by atoms with Crippen molar-refractivity contribution in [2.45, 2.75) is 30.8 Å². The van der Waals surface area contributed by atoms with Crippen molar-refractivity contribution in [1.29, 1.82) is 0 Å². The monoisotopic (exact) mass is 355 g/mol. The van der Waals surface area contributed by atoms with Crippen LogP contribution in [0, 0.1) is 5.82 Å². The Bertz CT molecular complexity index is 476. The Morgan fingerprint density at radius 2 is 2.05 bits per heavy atom. The number of amides is 1. The Labute approximate surface area is 122 Å². The minimum atomic E-state index is -4.82. The molecule has 7 heteroatoms. The van der Waals surface area contributed by atoms with E-state index >= 15 is 0 Å². The lowest BCUT2D eigenvalue weighted by Crippen LogP contribution is -2.26. The van der Waals surface area contributed by atoms with Crippen molar-refractivity contribution in [2.24, 2.45) is 0 Å². The Kier molecular flexibility index (Phi) is 5.98. The zero-order chi connectivity index (χ0) is 15.3. The molecule has 0 fully saturated rings. The SMILES string of the molecule is CCC(Br)CCNC(=O)c1ccc(F)c(C(F)(F)F)c1. The molecule has 20 heavy (non-hydrogen) atoms. The van der Waals surface area contributed by atoms with E-state index < -0.39 is 23.5 Å². The van der Waals surface area contributed by atoms with E-state index in [1.807, 2.05) is 6.92 Å². The first kappa shape index (κ1) is 16.9. The average Bonchev–Trinajstić information content (AvgIpc) is 2.37. The molecule has 1 atom stereocenters. The van der Waals surface area contributed by atoms with Gasteiger partial charge in [-0.3, -0.25) is 4.79 Å². The molecule has 0 saturated heterocycles. The topological polar surface area (TPSA) is 29.1 Å². The third-order valence-corrected chi connectivity index (χ3v) is 3.83. The molecule has 112 valence electrons. The summed E-state index contributed by atoms with van der Waals surface area (Å²) < 4.78 is 50.6. The van der Waals surface area contributed by atoms with Gasteiger partial charge in [-0.25, -0.2) is 4.39 Å². The maximum absolute atomic E-state index is 13.1. The highest BCUT2D eigenvalue weighted by atomic mass is 79.9. The van der Waals surface area contributed by atoms with Crippen molar-refractivity contribution >= 4 is 21.8 Å². The molecule has 1 N–H and O–H groups in total. The van der Waals surface area contributed by atoms with Crippen LogP contribution in [0.3, 0.4) is 0 Å². The first-order valence-corrected chi connectivity index (χ1v) is 6.96. The third-order valence-electron chi connectivity index (χ3n) is 2.72. The minimum Gasteiger partial charge on any atom is -0.352 e. The molecule has 1 amide bonds. The van der Waals surface area contributed by atoms with Gasteiger partial charge in [0.15, 0.2) is 0 Å². The highest BCUT2D eigenvalue weighted by molar-refractivity contribution is 9.09. The van der Waals surface area contributed by atoms with Crippen molar-refractivity contribution in [2.75, 3.05) is 6.54 Å². The number of nitrogens with one attached hydrogen (secondary N) is 1. The zero-order valence-electron chi connectivity index (χ0n) is 10.7. The van der Waals surface area contributed by atoms with Crippen molar-refractivity contribution < 1.29 is 22.4 Å². The Balaban J connectivity index is 2.74. The quantitative estimate of drug-likeness (QED) is 0.624. The molecular formula is C13H14BrF4NO. The van der Waals surface area contributed by atoms with Gasteiger partial charge in [0.05, 0.1) is 5.56 Å². The molecular weight excluding hydrogens is 342 g/mol. The van der Waals surface area contributed by atoms with E-state index in [9.17, 15) is 22.4 Å². The van der Waals surface area contributed by atoms with Crippen LogP contribution in [0.25, 0.3) is 0 Å². The van der Waals surface area contributed by atoms with Gasteiger partial charge in [-0.1, -0.05) is 22.9 Å². The van der Waals surface area contributed by atoms with E-state index in [2.05, 4.69) is 21.2 Å². The van der Waals surface area contributed by atoms with Gasteiger partial charge in [-0.2, -0.15) is 13.2 Å². The predicted molar refractivity (Wildman–Crippen MR) is 71.4 cm³/mol. The van der Waals surface area contributed by atoms with Gasteiger partial charge in [-0.05, 0) is 31.0 Å². The van der Waals surface area contributed by atoms with Crippen LogP contribution in [0.1, 0.15) is 35.7 Å². The van der Waals surface area contributed by atoms with E-state index in [4.69, 9.17) is 0 Å². The summed E-state index contributed by atoms with van der Waals surface area (Å²) in [6.07, 6.45) is -3.27. The summed E-state index contributed by atoms with van der Waals surface area (Å²) in [6, 6.07) is 2.21. The van der Waals surface area contributed by atoms with Crippen LogP contribution in [0.5, 0.6) is 0 Å². The summed E-state index contributed by atoms with van der Waals surface area (Å²) in [4.78, 5) is 11.9. The molecule has 1 rings (SSSR count). The van der Waals surface area contributed by atoms with E-state index in [1.54, 1.807) is 0 Å². The Hall–Kier alpha value is -1.11. The lowest BCUT2D eigenvalue weighted by molar-refractivity contribution is -0.140. The number of rotatable bonds is 5. The molecule has 0 aliphatic rings. The highest BCUT2D eigenvalue weighted by Crippen LogP contribution is 2.31. The fraction of sp³-hybridized carbons (Fsp3) is 0.462. The van der Waals surface area contributed by atoms with Gasteiger partial charge in [-0.15, -0.1) is 0 Å². The number of benzene rings is 1. The Morgan fingerprint density at radius 1 is 1.40 bits per heavy atom. The van der Waals surface area contributed by atoms with Crippen molar-refractivity contribution in [3.63, 3.8) is 0 Å². The van der Waals surface area contributed by atoms with E-state index in [-0.39, 0.29) is 10.4 Å². The normalized spacial score (nSPS) is 13.1. The second-order valence-electron chi connectivity index (χ2n) is 4.24. The fourth-order valence-electron chi connectivity index (χ4n) is 1.53. The van der Waals surface area contributed by atoms with Crippen LogP contribution < -0.4 is 5.32 Å². The van der Waals surface area contributed by atoms with Crippen molar-refractivity contribution in [3.05, 3.63) is 35.1 Å². The Morgan fingerprint density at radius 3 is 2.60 bits per heavy atom. The molecule has 0 spiro atoms. The lowest BCUT2D eigenvalue weighted by Gasteiger charge is -2.11. The third kappa shape index (κ3) is 4.77. The smallest absolute Gasteiger partial charge is 0.352 e. The largest absolute Gasteiger partial charge is 0.419 e. The van der Waals surface area contributed by atoms with Gasteiger partial charge in [0.25, 0.3) is 5.91 Å². The van der Waals surface area contributed by atoms with E-state index in [0.29, 0.717) is 25.1 Å². The van der Waals surface area contributed by atoms with Crippen LogP contribution in [-0.2, 0) is 6.18 Å². The number of halogens is 5. The molecule has 1 unspecified atom stereocenters. The fourth-order valence-corrected chi connectivity index (χ4v) is 1.76. The molecule has 0 heterocycles. The summed E-state index contributed by atoms with van der Waals surface area (Å²) >= 11 is 3.38. The first-order valence-electron chi connectivity index (χ1n) is 6.04. The maximum atomic E-state index is 13.1. The maximum Gasteiger partial charge on any atom is 0.419 e. The standard InChI is InChI=1S/C13H14BrF4NO/c1-2-9(14)5-6-19-12(20)8-3-4-11(15)10(7-8)13(16,17)18/h3-4,7,9H,2,5-6H2,1H3,(H,19,20). The minimum absolute atomic E-state index is 0.207. The predicted octanol–water partition coefficient (Wildman–Crippen LogP) is 4.14. The van der Waals surface area contributed by atoms with E-state index in [1.165, 1.54) is 0 Å². The summed E-state index contributed by atoms with van der Waals surface area (Å²) in [6.45, 7) is 2.30. The second-order valence-corrected chi connectivity index (χ2v) is 5.54. The highest BCUT2D eigenvalue weighted by Gasteiger charge is 2.34. The lowest BCUT2D eigenvalue weighted by atomic mass is 10.1.